The summed E-state index contributed by atoms with van der Waals surface area (Å²) in [5.41, 5.74) is 2.23. The van der Waals surface area contributed by atoms with Crippen LogP contribution in [0.2, 0.25) is 0 Å². The van der Waals surface area contributed by atoms with Crippen molar-refractivity contribution in [3.63, 3.8) is 0 Å². The zero-order chi connectivity index (χ0) is 18.2. The summed E-state index contributed by atoms with van der Waals surface area (Å²) in [6.07, 6.45) is 0.896. The molecule has 4 heteroatoms. The minimum Gasteiger partial charge on any atom is -0.493 e. The molecule has 1 amide bonds. The van der Waals surface area contributed by atoms with Crippen LogP contribution in [0, 0.1) is 12.8 Å². The minimum atomic E-state index is -0.175. The van der Waals surface area contributed by atoms with E-state index < -0.39 is 0 Å². The average Bonchev–Trinajstić information content (AvgIpc) is 2.59. The molecule has 2 aromatic rings. The van der Waals surface area contributed by atoms with Gasteiger partial charge < -0.3 is 14.8 Å². The Labute approximate surface area is 150 Å². The number of para-hydroxylation sites is 1. The molecule has 0 saturated heterocycles. The van der Waals surface area contributed by atoms with Crippen LogP contribution in [0.15, 0.2) is 42.5 Å². The summed E-state index contributed by atoms with van der Waals surface area (Å²) in [6, 6.07) is 13.0. The summed E-state index contributed by atoms with van der Waals surface area (Å²) in [4.78, 5) is 12.6. The van der Waals surface area contributed by atoms with Crippen molar-refractivity contribution in [2.24, 2.45) is 5.92 Å². The van der Waals surface area contributed by atoms with Gasteiger partial charge in [0.25, 0.3) is 5.91 Å². The Bertz CT molecular complexity index is 693. The number of aryl methyl sites for hydroxylation is 1. The maximum atomic E-state index is 12.6. The second kappa shape index (κ2) is 9.11. The highest BCUT2D eigenvalue weighted by molar-refractivity contribution is 6.06. The first-order valence-electron chi connectivity index (χ1n) is 8.78. The number of carbonyl (C=O) groups excluding carboxylic acids is 1. The molecule has 0 aliphatic rings. The molecular formula is C21H27NO3. The standard InChI is InChI=1S/C21H27NO3/c1-5-13-24-20-16(4)7-6-8-19(20)21(23)22-17-9-11-18(12-10-17)25-14-15(2)3/h6-12,15H,5,13-14H2,1-4H3,(H,22,23). The predicted molar refractivity (Wildman–Crippen MR) is 102 cm³/mol. The Hall–Kier alpha value is -2.49. The lowest BCUT2D eigenvalue weighted by Crippen LogP contribution is -2.14. The van der Waals surface area contributed by atoms with Crippen LogP contribution in [-0.4, -0.2) is 19.1 Å². The number of hydrogen-bond acceptors (Lipinski definition) is 3. The van der Waals surface area contributed by atoms with Crippen molar-refractivity contribution in [3.05, 3.63) is 53.6 Å². The second-order valence-corrected chi connectivity index (χ2v) is 6.48. The zero-order valence-corrected chi connectivity index (χ0v) is 15.5. The first-order chi connectivity index (χ1) is 12.0. The number of ether oxygens (including phenoxy) is 2. The van der Waals surface area contributed by atoms with E-state index in [0.717, 1.165) is 23.4 Å². The number of benzene rings is 2. The lowest BCUT2D eigenvalue weighted by Gasteiger charge is -2.14. The van der Waals surface area contributed by atoms with Crippen LogP contribution in [-0.2, 0) is 0 Å². The van der Waals surface area contributed by atoms with Gasteiger partial charge in [0, 0.05) is 5.69 Å². The predicted octanol–water partition coefficient (Wildman–Crippen LogP) is 5.07. The molecule has 0 aromatic heterocycles. The summed E-state index contributed by atoms with van der Waals surface area (Å²) < 4.78 is 11.4. The van der Waals surface area contributed by atoms with Gasteiger partial charge in [-0.05, 0) is 55.2 Å². The fraction of sp³-hybridized carbons (Fsp3) is 0.381. The topological polar surface area (TPSA) is 47.6 Å². The molecule has 0 spiro atoms. The van der Waals surface area contributed by atoms with Gasteiger partial charge in [0.2, 0.25) is 0 Å². The minimum absolute atomic E-state index is 0.175. The molecule has 0 heterocycles. The van der Waals surface area contributed by atoms with Crippen molar-refractivity contribution < 1.29 is 14.3 Å². The maximum absolute atomic E-state index is 12.6. The van der Waals surface area contributed by atoms with E-state index in [-0.39, 0.29) is 5.91 Å². The van der Waals surface area contributed by atoms with E-state index >= 15 is 0 Å². The highest BCUT2D eigenvalue weighted by atomic mass is 16.5. The van der Waals surface area contributed by atoms with Crippen molar-refractivity contribution in [3.8, 4) is 11.5 Å². The molecule has 134 valence electrons. The fourth-order valence-corrected chi connectivity index (χ4v) is 2.32. The van der Waals surface area contributed by atoms with Gasteiger partial charge in [-0.2, -0.15) is 0 Å². The summed E-state index contributed by atoms with van der Waals surface area (Å²) in [5.74, 6) is 1.75. The Morgan fingerprint density at radius 2 is 1.80 bits per heavy atom. The summed E-state index contributed by atoms with van der Waals surface area (Å²) in [6.45, 7) is 9.47. The molecule has 0 aliphatic carbocycles. The number of rotatable bonds is 8. The van der Waals surface area contributed by atoms with Gasteiger partial charge in [0.05, 0.1) is 18.8 Å². The third-order valence-corrected chi connectivity index (χ3v) is 3.60. The molecular weight excluding hydrogens is 314 g/mol. The second-order valence-electron chi connectivity index (χ2n) is 6.48. The van der Waals surface area contributed by atoms with E-state index in [0.29, 0.717) is 30.4 Å². The molecule has 1 N–H and O–H groups in total. The average molecular weight is 341 g/mol. The molecule has 25 heavy (non-hydrogen) atoms. The van der Waals surface area contributed by atoms with E-state index in [2.05, 4.69) is 19.2 Å². The van der Waals surface area contributed by atoms with Crippen molar-refractivity contribution in [1.82, 2.24) is 0 Å². The van der Waals surface area contributed by atoms with E-state index in [1.165, 1.54) is 0 Å². The Kier molecular flexibility index (Phi) is 6.87. The van der Waals surface area contributed by atoms with Gasteiger partial charge in [-0.15, -0.1) is 0 Å². The van der Waals surface area contributed by atoms with Crippen LogP contribution in [0.1, 0.15) is 43.1 Å². The molecule has 2 rings (SSSR count). The van der Waals surface area contributed by atoms with Crippen LogP contribution in [0.5, 0.6) is 11.5 Å². The van der Waals surface area contributed by atoms with Crippen LogP contribution >= 0.6 is 0 Å². The lowest BCUT2D eigenvalue weighted by molar-refractivity contribution is 0.102. The monoisotopic (exact) mass is 341 g/mol. The molecule has 4 nitrogen and oxygen atoms in total. The SMILES string of the molecule is CCCOc1c(C)cccc1C(=O)Nc1ccc(OCC(C)C)cc1. The van der Waals surface area contributed by atoms with Crippen LogP contribution in [0.3, 0.4) is 0 Å². The van der Waals surface area contributed by atoms with Crippen molar-refractivity contribution in [2.75, 3.05) is 18.5 Å². The van der Waals surface area contributed by atoms with Gasteiger partial charge in [-0.3, -0.25) is 4.79 Å². The fourth-order valence-electron chi connectivity index (χ4n) is 2.32. The van der Waals surface area contributed by atoms with Gasteiger partial charge in [0.1, 0.15) is 11.5 Å². The molecule has 0 saturated carbocycles. The first kappa shape index (κ1) is 18.8. The first-order valence-corrected chi connectivity index (χ1v) is 8.78. The number of hydrogen-bond donors (Lipinski definition) is 1. The largest absolute Gasteiger partial charge is 0.493 e. The molecule has 0 atom stereocenters. The Balaban J connectivity index is 2.08. The summed E-state index contributed by atoms with van der Waals surface area (Å²) in [7, 11) is 0. The van der Waals surface area contributed by atoms with E-state index in [1.54, 1.807) is 6.07 Å². The number of nitrogens with one attached hydrogen (secondary N) is 1. The molecule has 2 aromatic carbocycles. The normalized spacial score (nSPS) is 10.6. The van der Waals surface area contributed by atoms with E-state index in [1.807, 2.05) is 50.2 Å². The molecule has 0 unspecified atom stereocenters. The van der Waals surface area contributed by atoms with Crippen molar-refractivity contribution in [1.29, 1.82) is 0 Å². The third-order valence-electron chi connectivity index (χ3n) is 3.60. The van der Waals surface area contributed by atoms with Crippen LogP contribution in [0.4, 0.5) is 5.69 Å². The smallest absolute Gasteiger partial charge is 0.259 e. The number of carbonyl (C=O) groups is 1. The van der Waals surface area contributed by atoms with Gasteiger partial charge in [-0.1, -0.05) is 32.9 Å². The lowest BCUT2D eigenvalue weighted by atomic mass is 10.1. The summed E-state index contributed by atoms with van der Waals surface area (Å²) >= 11 is 0. The molecule has 0 aliphatic heterocycles. The Morgan fingerprint density at radius 3 is 2.44 bits per heavy atom. The van der Waals surface area contributed by atoms with Crippen LogP contribution < -0.4 is 14.8 Å². The van der Waals surface area contributed by atoms with Gasteiger partial charge in [0.15, 0.2) is 0 Å². The van der Waals surface area contributed by atoms with Crippen molar-refractivity contribution >= 4 is 11.6 Å². The number of amides is 1. The highest BCUT2D eigenvalue weighted by Gasteiger charge is 2.14. The Morgan fingerprint density at radius 1 is 1.08 bits per heavy atom. The van der Waals surface area contributed by atoms with Crippen LogP contribution in [0.25, 0.3) is 0 Å². The van der Waals surface area contributed by atoms with E-state index in [9.17, 15) is 4.79 Å². The van der Waals surface area contributed by atoms with Gasteiger partial charge >= 0.3 is 0 Å². The molecule has 0 bridgehead atoms. The molecule has 0 fully saturated rings. The summed E-state index contributed by atoms with van der Waals surface area (Å²) in [5, 5.41) is 2.92. The van der Waals surface area contributed by atoms with Gasteiger partial charge in [-0.25, -0.2) is 0 Å². The third kappa shape index (κ3) is 5.52. The highest BCUT2D eigenvalue weighted by Crippen LogP contribution is 2.25. The van der Waals surface area contributed by atoms with E-state index in [4.69, 9.17) is 9.47 Å². The quantitative estimate of drug-likeness (QED) is 0.729. The zero-order valence-electron chi connectivity index (χ0n) is 15.5. The van der Waals surface area contributed by atoms with Crippen molar-refractivity contribution in [2.45, 2.75) is 34.1 Å². The molecule has 0 radical (unpaired) electrons. The number of anilines is 1. The maximum Gasteiger partial charge on any atom is 0.259 e.